The summed E-state index contributed by atoms with van der Waals surface area (Å²) in [5, 5.41) is 9.33. The molecule has 1 unspecified atom stereocenters. The van der Waals surface area contributed by atoms with Gasteiger partial charge >= 0.3 is 111 Å². The molecule has 1 aromatic rings. The molecule has 1 aromatic carbocycles. The number of hydrogen-bond acceptors (Lipinski definition) is 1. The standard InChI is InChI=1S/C15H18NTe/c1-15(2,3)14-9-11(10-16)12-7-5-6-8-13(12)17(14)4/h5-9,11H,1-4H3/q+1. The Labute approximate surface area is 111 Å². The molecule has 0 bridgehead atoms. The van der Waals surface area contributed by atoms with Crippen molar-refractivity contribution in [3.05, 3.63) is 39.5 Å². The van der Waals surface area contributed by atoms with Gasteiger partial charge in [0.25, 0.3) is 0 Å². The van der Waals surface area contributed by atoms with Crippen LogP contribution < -0.4 is 3.61 Å². The van der Waals surface area contributed by atoms with Gasteiger partial charge in [0.15, 0.2) is 0 Å². The molecule has 2 rings (SSSR count). The van der Waals surface area contributed by atoms with E-state index in [4.69, 9.17) is 0 Å². The van der Waals surface area contributed by atoms with Crippen LogP contribution in [0, 0.1) is 16.7 Å². The molecule has 1 heterocycles. The van der Waals surface area contributed by atoms with E-state index in [1.54, 1.807) is 3.62 Å². The van der Waals surface area contributed by atoms with Crippen LogP contribution in [-0.2, 0) is 0 Å². The van der Waals surface area contributed by atoms with Gasteiger partial charge in [0.05, 0.1) is 0 Å². The van der Waals surface area contributed by atoms with E-state index >= 15 is 0 Å². The van der Waals surface area contributed by atoms with E-state index in [-0.39, 0.29) is 11.3 Å². The van der Waals surface area contributed by atoms with Crippen LogP contribution in [0.4, 0.5) is 0 Å². The maximum absolute atomic E-state index is 9.33. The van der Waals surface area contributed by atoms with Crippen molar-refractivity contribution >= 4 is 23.2 Å². The molecule has 0 aliphatic carbocycles. The predicted molar refractivity (Wildman–Crippen MR) is 73.6 cm³/mol. The topological polar surface area (TPSA) is 23.8 Å². The first kappa shape index (κ1) is 12.7. The van der Waals surface area contributed by atoms with E-state index in [0.717, 1.165) is 0 Å². The Hall–Kier alpha value is -0.760. The monoisotopic (exact) mass is 342 g/mol. The molecule has 0 saturated carbocycles. The van der Waals surface area contributed by atoms with Crippen LogP contribution in [0.3, 0.4) is 0 Å². The third kappa shape index (κ3) is 2.28. The first-order valence-corrected chi connectivity index (χ1v) is 10.5. The fourth-order valence-corrected chi connectivity index (χ4v) is 8.94. The summed E-state index contributed by atoms with van der Waals surface area (Å²) in [5.41, 5.74) is 1.45. The first-order chi connectivity index (χ1) is 7.95. The molecule has 0 N–H and O–H groups in total. The van der Waals surface area contributed by atoms with Gasteiger partial charge in [0, 0.05) is 0 Å². The van der Waals surface area contributed by atoms with Crippen LogP contribution in [0.25, 0.3) is 0 Å². The molecular weight excluding hydrogens is 322 g/mol. The number of allylic oxidation sites excluding steroid dienone is 2. The number of hydrogen-bond donors (Lipinski definition) is 0. The van der Waals surface area contributed by atoms with Crippen molar-refractivity contribution in [3.63, 3.8) is 0 Å². The number of nitriles is 1. The number of rotatable bonds is 0. The molecular formula is C15H18NTe+. The van der Waals surface area contributed by atoms with Crippen LogP contribution in [0.1, 0.15) is 32.3 Å². The zero-order valence-electron chi connectivity index (χ0n) is 10.8. The SMILES string of the molecule is C[Te+]1C(C(C)(C)C)=CC(C#N)c2ccccc21. The average molecular weight is 340 g/mol. The Kier molecular flexibility index (Phi) is 3.35. The normalized spacial score (nSPS) is 20.4. The molecule has 1 atom stereocenters. The molecule has 0 radical (unpaired) electrons. The predicted octanol–water partition coefficient (Wildman–Crippen LogP) is 3.15. The molecule has 0 aromatic heterocycles. The van der Waals surface area contributed by atoms with Crippen molar-refractivity contribution in [2.24, 2.45) is 5.41 Å². The van der Waals surface area contributed by atoms with Gasteiger partial charge in [0.2, 0.25) is 0 Å². The fraction of sp³-hybridized carbons (Fsp3) is 0.400. The summed E-state index contributed by atoms with van der Waals surface area (Å²) in [6, 6.07) is 10.9. The molecule has 0 saturated heterocycles. The van der Waals surface area contributed by atoms with Crippen LogP contribution in [0.5, 0.6) is 0 Å². The van der Waals surface area contributed by atoms with Crippen LogP contribution >= 0.6 is 0 Å². The summed E-state index contributed by atoms with van der Waals surface area (Å²) in [6.07, 6.45) is 2.24. The van der Waals surface area contributed by atoms with Gasteiger partial charge in [-0.1, -0.05) is 0 Å². The van der Waals surface area contributed by atoms with Gasteiger partial charge < -0.3 is 0 Å². The van der Waals surface area contributed by atoms with Gasteiger partial charge in [-0.25, -0.2) is 0 Å². The molecule has 1 nitrogen and oxygen atoms in total. The number of nitrogens with zero attached hydrogens (tertiary/aromatic N) is 1. The zero-order chi connectivity index (χ0) is 12.6. The van der Waals surface area contributed by atoms with Crippen LogP contribution in [0.2, 0.25) is 4.97 Å². The zero-order valence-corrected chi connectivity index (χ0v) is 13.1. The molecule has 2 heteroatoms. The van der Waals surface area contributed by atoms with Crippen molar-refractivity contribution in [1.82, 2.24) is 0 Å². The molecule has 0 spiro atoms. The number of fused-ring (bicyclic) bond motifs is 1. The van der Waals surface area contributed by atoms with E-state index < -0.39 is 19.6 Å². The van der Waals surface area contributed by atoms with Crippen molar-refractivity contribution in [1.29, 1.82) is 5.26 Å². The van der Waals surface area contributed by atoms with E-state index in [9.17, 15) is 5.26 Å². The van der Waals surface area contributed by atoms with Crippen molar-refractivity contribution < 1.29 is 0 Å². The van der Waals surface area contributed by atoms with Crippen LogP contribution in [0.15, 0.2) is 34.0 Å². The number of benzene rings is 1. The Morgan fingerprint density at radius 3 is 2.47 bits per heavy atom. The minimum atomic E-state index is -1.41. The second kappa shape index (κ2) is 4.49. The van der Waals surface area contributed by atoms with Gasteiger partial charge in [-0.2, -0.15) is 0 Å². The van der Waals surface area contributed by atoms with E-state index in [1.807, 2.05) is 6.07 Å². The Bertz CT molecular complexity index is 502. The molecule has 17 heavy (non-hydrogen) atoms. The first-order valence-electron chi connectivity index (χ1n) is 5.82. The maximum atomic E-state index is 9.33. The molecule has 0 amide bonds. The van der Waals surface area contributed by atoms with Crippen LogP contribution in [-0.4, -0.2) is 19.6 Å². The van der Waals surface area contributed by atoms with E-state index in [0.29, 0.717) is 0 Å². The second-order valence-corrected chi connectivity index (χ2v) is 10.9. The summed E-state index contributed by atoms with van der Waals surface area (Å²) < 4.78 is 3.03. The molecule has 1 aliphatic rings. The summed E-state index contributed by atoms with van der Waals surface area (Å²) in [7, 11) is 0. The quantitative estimate of drug-likeness (QED) is 0.666. The summed E-state index contributed by atoms with van der Waals surface area (Å²) in [6.45, 7) is 6.79. The van der Waals surface area contributed by atoms with E-state index in [1.165, 1.54) is 9.17 Å². The van der Waals surface area contributed by atoms with Gasteiger partial charge in [0.1, 0.15) is 0 Å². The second-order valence-electron chi connectivity index (χ2n) is 5.44. The Morgan fingerprint density at radius 1 is 1.24 bits per heavy atom. The Morgan fingerprint density at radius 2 is 1.88 bits per heavy atom. The third-order valence-corrected chi connectivity index (χ3v) is 10.1. The molecule has 88 valence electrons. The fourth-order valence-electron chi connectivity index (χ4n) is 2.29. The summed E-state index contributed by atoms with van der Waals surface area (Å²) in [5.74, 6) is -0.0440. The Balaban J connectivity index is 2.58. The van der Waals surface area contributed by atoms with Crippen molar-refractivity contribution in [2.75, 3.05) is 0 Å². The van der Waals surface area contributed by atoms with Crippen molar-refractivity contribution in [2.45, 2.75) is 31.7 Å². The molecule has 0 fully saturated rings. The average Bonchev–Trinajstić information content (AvgIpc) is 2.28. The van der Waals surface area contributed by atoms with E-state index in [2.05, 4.69) is 56.1 Å². The van der Waals surface area contributed by atoms with Gasteiger partial charge in [-0.05, 0) is 0 Å². The van der Waals surface area contributed by atoms with Crippen molar-refractivity contribution in [3.8, 4) is 6.07 Å². The minimum absolute atomic E-state index is 0.0440. The summed E-state index contributed by atoms with van der Waals surface area (Å²) >= 11 is -1.41. The van der Waals surface area contributed by atoms with Gasteiger partial charge in [-0.3, -0.25) is 0 Å². The summed E-state index contributed by atoms with van der Waals surface area (Å²) in [4.78, 5) is 2.41. The molecule has 1 aliphatic heterocycles. The van der Waals surface area contributed by atoms with Gasteiger partial charge in [-0.15, -0.1) is 0 Å². The third-order valence-electron chi connectivity index (χ3n) is 3.11.